The third kappa shape index (κ3) is 1.31. The number of hydrogen-bond donors (Lipinski definition) is 1. The highest BCUT2D eigenvalue weighted by molar-refractivity contribution is 5.64. The van der Waals surface area contributed by atoms with E-state index in [1.807, 2.05) is 0 Å². The number of benzene rings is 1. The molecule has 2 aliphatic heterocycles. The van der Waals surface area contributed by atoms with Gasteiger partial charge in [-0.05, 0) is 30.9 Å². The highest BCUT2D eigenvalue weighted by Gasteiger charge is 2.38. The van der Waals surface area contributed by atoms with Crippen LogP contribution in [0.2, 0.25) is 0 Å². The molecule has 1 aromatic rings. The molecule has 2 atom stereocenters. The molecular formula is C13H18N2O. The maximum atomic E-state index is 5.84. The molecule has 3 rings (SSSR count). The maximum absolute atomic E-state index is 5.84. The van der Waals surface area contributed by atoms with Crippen LogP contribution in [0, 0.1) is 0 Å². The third-order valence-electron chi connectivity index (χ3n) is 3.92. The second-order valence-corrected chi connectivity index (χ2v) is 4.73. The van der Waals surface area contributed by atoms with E-state index >= 15 is 0 Å². The molecule has 0 spiro atoms. The summed E-state index contributed by atoms with van der Waals surface area (Å²) in [6.07, 6.45) is 3.69. The average Bonchev–Trinajstić information content (AvgIpc) is 2.86. The van der Waals surface area contributed by atoms with Crippen LogP contribution in [0.1, 0.15) is 18.4 Å². The Labute approximate surface area is 96.2 Å². The first-order valence-corrected chi connectivity index (χ1v) is 5.99. The summed E-state index contributed by atoms with van der Waals surface area (Å²) in [6, 6.07) is 7.61. The molecule has 0 saturated carbocycles. The summed E-state index contributed by atoms with van der Waals surface area (Å²) >= 11 is 0. The third-order valence-corrected chi connectivity index (χ3v) is 3.92. The number of rotatable bonds is 2. The highest BCUT2D eigenvalue weighted by atomic mass is 16.5. The zero-order chi connectivity index (χ0) is 11.1. The van der Waals surface area contributed by atoms with E-state index < -0.39 is 0 Å². The number of anilines is 1. The first-order chi connectivity index (χ1) is 7.83. The van der Waals surface area contributed by atoms with E-state index in [-0.39, 0.29) is 0 Å². The molecule has 2 aliphatic rings. The smallest absolute Gasteiger partial charge is 0.120 e. The van der Waals surface area contributed by atoms with Crippen molar-refractivity contribution in [2.75, 3.05) is 18.6 Å². The van der Waals surface area contributed by atoms with Gasteiger partial charge in [0, 0.05) is 30.4 Å². The van der Waals surface area contributed by atoms with Gasteiger partial charge in [0.15, 0.2) is 0 Å². The zero-order valence-corrected chi connectivity index (χ0v) is 9.65. The van der Waals surface area contributed by atoms with E-state index in [0.29, 0.717) is 12.1 Å². The van der Waals surface area contributed by atoms with E-state index in [0.717, 1.165) is 12.3 Å². The minimum atomic E-state index is 0.526. The van der Waals surface area contributed by atoms with E-state index in [2.05, 4.69) is 23.1 Å². The standard InChI is InChI=1S/C13H18N2O/c1-16-12-5-2-9-6-10-3-4-11(8-14)15(10)13(9)7-12/h2,5,7,10-11H,3-4,6,8,14H2,1H3. The lowest BCUT2D eigenvalue weighted by molar-refractivity contribution is 0.414. The topological polar surface area (TPSA) is 38.5 Å². The minimum Gasteiger partial charge on any atom is -0.497 e. The molecule has 1 aromatic carbocycles. The first kappa shape index (κ1) is 9.97. The van der Waals surface area contributed by atoms with Crippen molar-refractivity contribution in [3.8, 4) is 5.75 Å². The van der Waals surface area contributed by atoms with Gasteiger partial charge in [-0.25, -0.2) is 0 Å². The fourth-order valence-electron chi connectivity index (χ4n) is 3.12. The maximum Gasteiger partial charge on any atom is 0.120 e. The lowest BCUT2D eigenvalue weighted by Gasteiger charge is -2.26. The lowest BCUT2D eigenvalue weighted by Crippen LogP contribution is -2.37. The molecule has 16 heavy (non-hydrogen) atoms. The van der Waals surface area contributed by atoms with Crippen molar-refractivity contribution in [2.24, 2.45) is 5.73 Å². The van der Waals surface area contributed by atoms with Gasteiger partial charge < -0.3 is 15.4 Å². The fourth-order valence-corrected chi connectivity index (χ4v) is 3.12. The Balaban J connectivity index is 2.00. The molecule has 2 N–H and O–H groups in total. The zero-order valence-electron chi connectivity index (χ0n) is 9.65. The Kier molecular flexibility index (Phi) is 2.28. The predicted octanol–water partition coefficient (Wildman–Crippen LogP) is 1.55. The molecule has 86 valence electrons. The largest absolute Gasteiger partial charge is 0.497 e. The van der Waals surface area contributed by atoms with Crippen molar-refractivity contribution < 1.29 is 4.74 Å². The summed E-state index contributed by atoms with van der Waals surface area (Å²) in [5.41, 5.74) is 8.64. The van der Waals surface area contributed by atoms with Crippen LogP contribution in [0.25, 0.3) is 0 Å². The van der Waals surface area contributed by atoms with Gasteiger partial charge in [-0.15, -0.1) is 0 Å². The Hall–Kier alpha value is -1.22. The Morgan fingerprint density at radius 2 is 2.31 bits per heavy atom. The Morgan fingerprint density at radius 1 is 1.44 bits per heavy atom. The van der Waals surface area contributed by atoms with E-state index in [4.69, 9.17) is 10.5 Å². The monoisotopic (exact) mass is 218 g/mol. The van der Waals surface area contributed by atoms with Gasteiger partial charge in [-0.1, -0.05) is 6.07 Å². The summed E-state index contributed by atoms with van der Waals surface area (Å²) in [5.74, 6) is 0.946. The number of nitrogens with two attached hydrogens (primary N) is 1. The quantitative estimate of drug-likeness (QED) is 0.818. The van der Waals surface area contributed by atoms with Crippen LogP contribution in [0.4, 0.5) is 5.69 Å². The normalized spacial score (nSPS) is 26.8. The highest BCUT2D eigenvalue weighted by Crippen LogP contribution is 2.42. The summed E-state index contributed by atoms with van der Waals surface area (Å²) in [6.45, 7) is 0.757. The molecule has 3 nitrogen and oxygen atoms in total. The molecular weight excluding hydrogens is 200 g/mol. The number of methoxy groups -OCH3 is 1. The van der Waals surface area contributed by atoms with E-state index in [1.54, 1.807) is 7.11 Å². The van der Waals surface area contributed by atoms with Crippen LogP contribution in [0.15, 0.2) is 18.2 Å². The Bertz CT molecular complexity index is 403. The van der Waals surface area contributed by atoms with Gasteiger partial charge in [-0.2, -0.15) is 0 Å². The van der Waals surface area contributed by atoms with Crippen molar-refractivity contribution in [2.45, 2.75) is 31.3 Å². The molecule has 3 heteroatoms. The van der Waals surface area contributed by atoms with Gasteiger partial charge in [-0.3, -0.25) is 0 Å². The SMILES string of the molecule is COc1ccc2c(c1)N1C(CN)CCC1C2. The molecule has 0 bridgehead atoms. The lowest BCUT2D eigenvalue weighted by atomic mass is 10.1. The molecule has 0 aromatic heterocycles. The van der Waals surface area contributed by atoms with Crippen molar-refractivity contribution in [1.29, 1.82) is 0 Å². The van der Waals surface area contributed by atoms with Crippen molar-refractivity contribution in [3.63, 3.8) is 0 Å². The second kappa shape index (κ2) is 3.67. The van der Waals surface area contributed by atoms with Gasteiger partial charge >= 0.3 is 0 Å². The predicted molar refractivity (Wildman–Crippen MR) is 65.0 cm³/mol. The van der Waals surface area contributed by atoms with Gasteiger partial charge in [0.25, 0.3) is 0 Å². The van der Waals surface area contributed by atoms with Crippen molar-refractivity contribution in [1.82, 2.24) is 0 Å². The summed E-state index contributed by atoms with van der Waals surface area (Å²) in [7, 11) is 1.72. The summed E-state index contributed by atoms with van der Waals surface area (Å²) in [5, 5.41) is 0. The van der Waals surface area contributed by atoms with Gasteiger partial charge in [0.2, 0.25) is 0 Å². The van der Waals surface area contributed by atoms with Crippen LogP contribution in [-0.2, 0) is 6.42 Å². The summed E-state index contributed by atoms with van der Waals surface area (Å²) in [4.78, 5) is 2.51. The number of fused-ring (bicyclic) bond motifs is 3. The molecule has 2 heterocycles. The molecule has 1 fully saturated rings. The Morgan fingerprint density at radius 3 is 3.06 bits per heavy atom. The molecule has 0 amide bonds. The molecule has 0 aliphatic carbocycles. The van der Waals surface area contributed by atoms with E-state index in [1.165, 1.54) is 30.5 Å². The van der Waals surface area contributed by atoms with Crippen LogP contribution >= 0.6 is 0 Å². The van der Waals surface area contributed by atoms with Crippen molar-refractivity contribution >= 4 is 5.69 Å². The van der Waals surface area contributed by atoms with Crippen LogP contribution < -0.4 is 15.4 Å². The summed E-state index contributed by atoms with van der Waals surface area (Å²) < 4.78 is 5.30. The molecule has 2 unspecified atom stereocenters. The van der Waals surface area contributed by atoms with Crippen LogP contribution in [-0.4, -0.2) is 25.7 Å². The molecule has 1 saturated heterocycles. The van der Waals surface area contributed by atoms with Crippen molar-refractivity contribution in [3.05, 3.63) is 23.8 Å². The van der Waals surface area contributed by atoms with Crippen LogP contribution in [0.5, 0.6) is 5.75 Å². The van der Waals surface area contributed by atoms with Gasteiger partial charge in [0.05, 0.1) is 7.11 Å². The minimum absolute atomic E-state index is 0.526. The average molecular weight is 218 g/mol. The fraction of sp³-hybridized carbons (Fsp3) is 0.538. The second-order valence-electron chi connectivity index (χ2n) is 4.73. The van der Waals surface area contributed by atoms with Gasteiger partial charge in [0.1, 0.15) is 5.75 Å². The number of nitrogens with zero attached hydrogens (tertiary/aromatic N) is 1. The number of hydrogen-bond acceptors (Lipinski definition) is 3. The van der Waals surface area contributed by atoms with E-state index in [9.17, 15) is 0 Å². The number of ether oxygens (including phenoxy) is 1. The van der Waals surface area contributed by atoms with Crippen LogP contribution in [0.3, 0.4) is 0 Å². The first-order valence-electron chi connectivity index (χ1n) is 5.99. The molecule has 0 radical (unpaired) electrons.